The van der Waals surface area contributed by atoms with Gasteiger partial charge in [0.1, 0.15) is 0 Å². The lowest BCUT2D eigenvalue weighted by Gasteiger charge is -2.41. The summed E-state index contributed by atoms with van der Waals surface area (Å²) in [6.45, 7) is 13.1. The third-order valence-electron chi connectivity index (χ3n) is 10.1. The van der Waals surface area contributed by atoms with E-state index in [2.05, 4.69) is 156 Å². The average molecular weight is 631 g/mol. The molecule has 242 valence electrons. The first kappa shape index (κ1) is 30.4. The predicted octanol–water partition coefficient (Wildman–Crippen LogP) is 12.5. The van der Waals surface area contributed by atoms with Crippen molar-refractivity contribution in [3.05, 3.63) is 109 Å². The number of hydrogen-bond donors (Lipinski definition) is 0. The zero-order valence-corrected chi connectivity index (χ0v) is 28.8. The van der Waals surface area contributed by atoms with Crippen LogP contribution in [-0.4, -0.2) is 26.2 Å². The average Bonchev–Trinajstić information content (AvgIpc) is 3.12. The molecule has 2 aliphatic rings. The highest BCUT2D eigenvalue weighted by Gasteiger charge is 2.31. The van der Waals surface area contributed by atoms with Crippen LogP contribution in [0.25, 0.3) is 32.7 Å². The van der Waals surface area contributed by atoms with Crippen LogP contribution >= 0.6 is 0 Å². The van der Waals surface area contributed by atoms with E-state index in [1.807, 2.05) is 0 Å². The lowest BCUT2D eigenvalue weighted by atomic mass is 9.96. The van der Waals surface area contributed by atoms with Gasteiger partial charge in [0.25, 0.3) is 0 Å². The Hall–Kier alpha value is -4.96. The molecule has 6 aromatic rings. The molecule has 0 saturated heterocycles. The Morgan fingerprint density at radius 1 is 0.312 bits per heavy atom. The summed E-state index contributed by atoms with van der Waals surface area (Å²) in [6.07, 6.45) is 4.33. The lowest BCUT2D eigenvalue weighted by molar-refractivity contribution is 0.840. The van der Waals surface area contributed by atoms with Gasteiger partial charge in [0.05, 0.1) is 45.5 Å². The van der Waals surface area contributed by atoms with Gasteiger partial charge in [0, 0.05) is 26.2 Å². The number of benzene rings is 6. The number of hydrogen-bond acceptors (Lipinski definition) is 4. The van der Waals surface area contributed by atoms with Crippen LogP contribution in [-0.2, 0) is 0 Å². The van der Waals surface area contributed by atoms with Crippen molar-refractivity contribution in [1.29, 1.82) is 0 Å². The maximum atomic E-state index is 2.57. The largest absolute Gasteiger partial charge is 0.338 e. The number of rotatable bonds is 9. The van der Waals surface area contributed by atoms with Gasteiger partial charge in [-0.25, -0.2) is 0 Å². The van der Waals surface area contributed by atoms with Crippen molar-refractivity contribution in [1.82, 2.24) is 0 Å². The van der Waals surface area contributed by atoms with Crippen LogP contribution in [0.4, 0.5) is 45.5 Å². The van der Waals surface area contributed by atoms with E-state index < -0.39 is 0 Å². The van der Waals surface area contributed by atoms with Crippen molar-refractivity contribution in [2.45, 2.75) is 53.4 Å². The summed E-state index contributed by atoms with van der Waals surface area (Å²) in [6, 6.07) is 41.5. The molecule has 4 heteroatoms. The van der Waals surface area contributed by atoms with E-state index in [1.165, 1.54) is 78.2 Å². The molecular weight excluding hydrogens is 585 g/mol. The quantitative estimate of drug-likeness (QED) is 0.158. The Kier molecular flexibility index (Phi) is 7.96. The molecule has 0 radical (unpaired) electrons. The van der Waals surface area contributed by atoms with E-state index in [0.717, 1.165) is 51.9 Å². The summed E-state index contributed by atoms with van der Waals surface area (Å²) in [5.41, 5.74) is 13.0. The fourth-order valence-electron chi connectivity index (χ4n) is 7.97. The van der Waals surface area contributed by atoms with Gasteiger partial charge in [-0.3, -0.25) is 0 Å². The fourth-order valence-corrected chi connectivity index (χ4v) is 7.97. The highest BCUT2D eigenvalue weighted by Crippen LogP contribution is 2.53. The van der Waals surface area contributed by atoms with Crippen LogP contribution in [0.2, 0.25) is 0 Å². The van der Waals surface area contributed by atoms with E-state index in [1.54, 1.807) is 0 Å². The molecule has 0 atom stereocenters. The minimum absolute atomic E-state index is 0.979. The van der Waals surface area contributed by atoms with Crippen LogP contribution in [0.1, 0.15) is 53.4 Å². The summed E-state index contributed by atoms with van der Waals surface area (Å²) in [5, 5.41) is 5.19. The topological polar surface area (TPSA) is 13.0 Å². The molecule has 6 aromatic carbocycles. The zero-order chi connectivity index (χ0) is 32.8. The van der Waals surface area contributed by atoms with E-state index in [0.29, 0.717) is 0 Å². The van der Waals surface area contributed by atoms with Crippen molar-refractivity contribution >= 4 is 67.0 Å². The van der Waals surface area contributed by atoms with Crippen LogP contribution in [0.15, 0.2) is 109 Å². The third-order valence-corrected chi connectivity index (χ3v) is 10.1. The van der Waals surface area contributed by atoms with E-state index in [-0.39, 0.29) is 0 Å². The normalized spacial score (nSPS) is 13.5. The first-order chi connectivity index (χ1) is 23.6. The Labute approximate surface area is 285 Å². The van der Waals surface area contributed by atoms with Gasteiger partial charge in [-0.2, -0.15) is 0 Å². The van der Waals surface area contributed by atoms with Gasteiger partial charge >= 0.3 is 0 Å². The SMILES string of the molecule is CCCN1c2ccc(-c3ccc4c(c3)N(CCC)c3cc5ccccc5cc3N4CCC)cc2N(CCC)c2cc3ccccc3cc21. The third kappa shape index (κ3) is 4.97. The van der Waals surface area contributed by atoms with Gasteiger partial charge in [-0.15, -0.1) is 0 Å². The number of nitrogens with zero attached hydrogens (tertiary/aromatic N) is 4. The van der Waals surface area contributed by atoms with Crippen molar-refractivity contribution in [3.8, 4) is 11.1 Å². The molecular formula is C44H46N4. The van der Waals surface area contributed by atoms with Crippen molar-refractivity contribution in [3.63, 3.8) is 0 Å². The maximum absolute atomic E-state index is 2.57. The molecule has 2 aliphatic heterocycles. The molecule has 8 rings (SSSR count). The molecule has 0 fully saturated rings. The lowest BCUT2D eigenvalue weighted by Crippen LogP contribution is -2.31. The molecule has 0 N–H and O–H groups in total. The summed E-state index contributed by atoms with van der Waals surface area (Å²) < 4.78 is 0. The van der Waals surface area contributed by atoms with Gasteiger partial charge in [-0.1, -0.05) is 88.4 Å². The Bertz CT molecular complexity index is 1980. The van der Waals surface area contributed by atoms with Gasteiger partial charge < -0.3 is 19.6 Å². The highest BCUT2D eigenvalue weighted by molar-refractivity contribution is 6.03. The van der Waals surface area contributed by atoms with Gasteiger partial charge in [0.15, 0.2) is 0 Å². The van der Waals surface area contributed by atoms with Crippen LogP contribution in [0.5, 0.6) is 0 Å². The van der Waals surface area contributed by atoms with Gasteiger partial charge in [-0.05, 0) is 107 Å². The highest BCUT2D eigenvalue weighted by atomic mass is 15.3. The summed E-state index contributed by atoms with van der Waals surface area (Å²) in [4.78, 5) is 10.2. The zero-order valence-electron chi connectivity index (χ0n) is 28.8. The fraction of sp³-hybridized carbons (Fsp3) is 0.273. The molecule has 4 nitrogen and oxygen atoms in total. The maximum Gasteiger partial charge on any atom is 0.0659 e. The summed E-state index contributed by atoms with van der Waals surface area (Å²) in [7, 11) is 0. The second-order valence-corrected chi connectivity index (χ2v) is 13.4. The number of fused-ring (bicyclic) bond motifs is 6. The van der Waals surface area contributed by atoms with Crippen molar-refractivity contribution in [2.24, 2.45) is 0 Å². The van der Waals surface area contributed by atoms with Crippen LogP contribution in [0, 0.1) is 0 Å². The summed E-state index contributed by atoms with van der Waals surface area (Å²) >= 11 is 0. The van der Waals surface area contributed by atoms with Gasteiger partial charge in [0.2, 0.25) is 0 Å². The molecule has 0 spiro atoms. The van der Waals surface area contributed by atoms with Crippen molar-refractivity contribution < 1.29 is 0 Å². The van der Waals surface area contributed by atoms with E-state index in [4.69, 9.17) is 0 Å². The van der Waals surface area contributed by atoms with E-state index >= 15 is 0 Å². The number of anilines is 8. The van der Waals surface area contributed by atoms with Crippen molar-refractivity contribution in [2.75, 3.05) is 45.8 Å². The molecule has 0 unspecified atom stereocenters. The van der Waals surface area contributed by atoms with Crippen LogP contribution in [0.3, 0.4) is 0 Å². The Balaban J connectivity index is 1.27. The molecule has 0 aromatic heterocycles. The molecule has 48 heavy (non-hydrogen) atoms. The Morgan fingerprint density at radius 3 is 0.875 bits per heavy atom. The van der Waals surface area contributed by atoms with Crippen LogP contribution < -0.4 is 19.6 Å². The second-order valence-electron chi connectivity index (χ2n) is 13.4. The predicted molar refractivity (Wildman–Crippen MR) is 209 cm³/mol. The van der Waals surface area contributed by atoms with E-state index in [9.17, 15) is 0 Å². The summed E-state index contributed by atoms with van der Waals surface area (Å²) in [5.74, 6) is 0. The second kappa shape index (κ2) is 12.6. The molecule has 0 bridgehead atoms. The monoisotopic (exact) mass is 630 g/mol. The Morgan fingerprint density at radius 2 is 0.583 bits per heavy atom. The standard InChI is InChI=1S/C44H46N4/c1-5-21-45-37-19-17-35(29-39(37)47(23-7-3)43-27-33-15-11-9-13-31(33)25-41(43)45)36-18-20-38-40(30-36)48(24-8-4)44-28-34-16-12-10-14-32(34)26-42(44)46(38)22-6-2/h9-20,25-30H,5-8,21-24H2,1-4H3. The molecule has 0 saturated carbocycles. The molecule has 0 amide bonds. The minimum atomic E-state index is 0.979. The molecule has 0 aliphatic carbocycles. The first-order valence-corrected chi connectivity index (χ1v) is 18.1. The minimum Gasteiger partial charge on any atom is -0.338 e. The molecule has 2 heterocycles. The smallest absolute Gasteiger partial charge is 0.0659 e. The first-order valence-electron chi connectivity index (χ1n) is 18.1.